The van der Waals surface area contributed by atoms with Crippen LogP contribution in [0.1, 0.15) is 12.8 Å². The molecule has 1 aliphatic rings. The molecule has 1 aliphatic heterocycles. The number of aliphatic hydroxyl groups is 1. The Morgan fingerprint density at radius 1 is 1.34 bits per heavy atom. The number of nitrogens with zero attached hydrogens (tertiary/aromatic N) is 3. The van der Waals surface area contributed by atoms with Gasteiger partial charge in [0.25, 0.3) is 0 Å². The second-order valence-corrected chi connectivity index (χ2v) is 7.90. The van der Waals surface area contributed by atoms with Crippen LogP contribution in [-0.4, -0.2) is 52.9 Å². The number of halogens is 2. The molecule has 0 saturated carbocycles. The van der Waals surface area contributed by atoms with E-state index in [1.54, 1.807) is 31.4 Å². The molecule has 0 amide bonds. The predicted octanol–water partition coefficient (Wildman–Crippen LogP) is 4.52. The van der Waals surface area contributed by atoms with Crippen molar-refractivity contribution in [3.05, 3.63) is 59.8 Å². The number of fused-ring (bicyclic) bond motifs is 1. The molecular formula is C23H24ClFN4O3. The number of rotatable bonds is 8. The van der Waals surface area contributed by atoms with Crippen LogP contribution in [0.25, 0.3) is 10.9 Å². The maximum absolute atomic E-state index is 14.4. The zero-order valence-electron chi connectivity index (χ0n) is 17.6. The van der Waals surface area contributed by atoms with E-state index in [4.69, 9.17) is 21.1 Å². The van der Waals surface area contributed by atoms with E-state index in [0.717, 1.165) is 19.4 Å². The molecule has 3 aromatic rings. The van der Waals surface area contributed by atoms with Crippen LogP contribution in [0, 0.1) is 5.82 Å². The number of likely N-dealkylation sites (tertiary alicyclic amines) is 1. The van der Waals surface area contributed by atoms with E-state index in [9.17, 15) is 9.50 Å². The minimum absolute atomic E-state index is 0.0182. The smallest absolute Gasteiger partial charge is 0.165 e. The molecule has 0 aliphatic carbocycles. The van der Waals surface area contributed by atoms with E-state index in [-0.39, 0.29) is 23.4 Å². The van der Waals surface area contributed by atoms with Crippen molar-refractivity contribution < 1.29 is 19.0 Å². The van der Waals surface area contributed by atoms with Gasteiger partial charge in [0, 0.05) is 23.7 Å². The van der Waals surface area contributed by atoms with E-state index in [0.29, 0.717) is 40.5 Å². The summed E-state index contributed by atoms with van der Waals surface area (Å²) in [7, 11) is 1.56. The Kier molecular flexibility index (Phi) is 6.62. The molecule has 2 N–H and O–H groups in total. The van der Waals surface area contributed by atoms with Gasteiger partial charge in [-0.2, -0.15) is 0 Å². The number of anilines is 2. The molecule has 1 aromatic heterocycles. The first-order chi connectivity index (χ1) is 15.5. The summed E-state index contributed by atoms with van der Waals surface area (Å²) >= 11 is 5.90. The van der Waals surface area contributed by atoms with E-state index in [2.05, 4.69) is 26.8 Å². The Labute approximate surface area is 190 Å². The maximum Gasteiger partial charge on any atom is 0.165 e. The molecule has 32 heavy (non-hydrogen) atoms. The molecule has 4 rings (SSSR count). The Morgan fingerprint density at radius 2 is 2.19 bits per heavy atom. The van der Waals surface area contributed by atoms with Crippen molar-refractivity contribution >= 4 is 34.0 Å². The van der Waals surface area contributed by atoms with Crippen molar-refractivity contribution in [3.8, 4) is 11.5 Å². The monoisotopic (exact) mass is 458 g/mol. The molecular weight excluding hydrogens is 435 g/mol. The summed E-state index contributed by atoms with van der Waals surface area (Å²) in [5.74, 6) is 0.906. The zero-order valence-corrected chi connectivity index (χ0v) is 18.4. The first-order valence-corrected chi connectivity index (χ1v) is 10.6. The van der Waals surface area contributed by atoms with Crippen LogP contribution in [0.15, 0.2) is 48.9 Å². The largest absolute Gasteiger partial charge is 0.493 e. The lowest BCUT2D eigenvalue weighted by Crippen LogP contribution is -2.34. The van der Waals surface area contributed by atoms with Gasteiger partial charge >= 0.3 is 0 Å². The summed E-state index contributed by atoms with van der Waals surface area (Å²) < 4.78 is 26.0. The van der Waals surface area contributed by atoms with Crippen molar-refractivity contribution in [2.75, 3.05) is 32.2 Å². The highest BCUT2D eigenvalue weighted by Gasteiger charge is 2.26. The van der Waals surface area contributed by atoms with Crippen molar-refractivity contribution in [2.24, 2.45) is 0 Å². The quantitative estimate of drug-likeness (QED) is 0.513. The number of ether oxygens (including phenoxy) is 2. The van der Waals surface area contributed by atoms with Gasteiger partial charge in [0.15, 0.2) is 17.3 Å². The van der Waals surface area contributed by atoms with Crippen molar-refractivity contribution in [3.63, 3.8) is 0 Å². The van der Waals surface area contributed by atoms with E-state index < -0.39 is 5.82 Å². The van der Waals surface area contributed by atoms with Crippen LogP contribution >= 0.6 is 11.6 Å². The Morgan fingerprint density at radius 3 is 2.97 bits per heavy atom. The third-order valence-corrected chi connectivity index (χ3v) is 5.81. The molecule has 2 heterocycles. The highest BCUT2D eigenvalue weighted by Crippen LogP contribution is 2.36. The maximum atomic E-state index is 14.4. The molecule has 168 valence electrons. The Hall–Kier alpha value is -3.10. The predicted molar refractivity (Wildman–Crippen MR) is 122 cm³/mol. The Balaban J connectivity index is 1.63. The molecule has 0 bridgehead atoms. The second kappa shape index (κ2) is 9.58. The topological polar surface area (TPSA) is 79.7 Å². The SMILES string of the molecule is C=C(CO)N1CCC[C@H]1COc1cc2c(Nc3cccc(Cl)c3F)ncnc2cc1OC. The van der Waals surface area contributed by atoms with Crippen LogP contribution in [0.4, 0.5) is 15.9 Å². The van der Waals surface area contributed by atoms with E-state index in [1.165, 1.54) is 12.4 Å². The van der Waals surface area contributed by atoms with Gasteiger partial charge in [-0.05, 0) is 31.0 Å². The number of aromatic nitrogens is 2. The number of hydrogen-bond acceptors (Lipinski definition) is 7. The average molecular weight is 459 g/mol. The molecule has 0 radical (unpaired) electrons. The first kappa shape index (κ1) is 22.1. The van der Waals surface area contributed by atoms with Gasteiger partial charge in [-0.25, -0.2) is 14.4 Å². The minimum Gasteiger partial charge on any atom is -0.493 e. The van der Waals surface area contributed by atoms with Crippen molar-refractivity contribution in [1.29, 1.82) is 0 Å². The summed E-state index contributed by atoms with van der Waals surface area (Å²) in [6, 6.07) is 8.36. The number of methoxy groups -OCH3 is 1. The van der Waals surface area contributed by atoms with Gasteiger partial charge in [0.05, 0.1) is 36.0 Å². The number of aliphatic hydroxyl groups excluding tert-OH is 1. The zero-order chi connectivity index (χ0) is 22.7. The summed E-state index contributed by atoms with van der Waals surface area (Å²) in [6.07, 6.45) is 3.35. The lowest BCUT2D eigenvalue weighted by Gasteiger charge is -2.27. The average Bonchev–Trinajstić information content (AvgIpc) is 3.28. The molecule has 1 atom stereocenters. The fraction of sp³-hybridized carbons (Fsp3) is 0.304. The molecule has 1 fully saturated rings. The van der Waals surface area contributed by atoms with Crippen LogP contribution in [-0.2, 0) is 0 Å². The van der Waals surface area contributed by atoms with Crippen LogP contribution in [0.3, 0.4) is 0 Å². The first-order valence-electron chi connectivity index (χ1n) is 10.2. The number of benzene rings is 2. The van der Waals surface area contributed by atoms with Crippen LogP contribution in [0.5, 0.6) is 11.5 Å². The number of nitrogens with one attached hydrogen (secondary N) is 1. The molecule has 9 heteroatoms. The van der Waals surface area contributed by atoms with Gasteiger partial charge in [-0.1, -0.05) is 24.2 Å². The minimum atomic E-state index is -0.559. The summed E-state index contributed by atoms with van der Waals surface area (Å²) in [4.78, 5) is 10.7. The molecule has 1 saturated heterocycles. The summed E-state index contributed by atoms with van der Waals surface area (Å²) in [5.41, 5.74) is 1.51. The highest BCUT2D eigenvalue weighted by molar-refractivity contribution is 6.31. The molecule has 0 spiro atoms. The third kappa shape index (κ3) is 4.42. The highest BCUT2D eigenvalue weighted by atomic mass is 35.5. The van der Waals surface area contributed by atoms with Crippen LogP contribution in [0.2, 0.25) is 5.02 Å². The van der Waals surface area contributed by atoms with Gasteiger partial charge in [-0.15, -0.1) is 0 Å². The fourth-order valence-corrected chi connectivity index (χ4v) is 4.04. The Bertz CT molecular complexity index is 1140. The number of hydrogen-bond donors (Lipinski definition) is 2. The third-order valence-electron chi connectivity index (χ3n) is 5.52. The van der Waals surface area contributed by atoms with E-state index >= 15 is 0 Å². The van der Waals surface area contributed by atoms with Crippen LogP contribution < -0.4 is 14.8 Å². The van der Waals surface area contributed by atoms with Crippen molar-refractivity contribution in [1.82, 2.24) is 14.9 Å². The molecule has 7 nitrogen and oxygen atoms in total. The van der Waals surface area contributed by atoms with Gasteiger partial charge in [-0.3, -0.25) is 0 Å². The second-order valence-electron chi connectivity index (χ2n) is 7.49. The van der Waals surface area contributed by atoms with E-state index in [1.807, 2.05) is 0 Å². The van der Waals surface area contributed by atoms with Gasteiger partial charge in [0.1, 0.15) is 18.8 Å². The van der Waals surface area contributed by atoms with Gasteiger partial charge < -0.3 is 24.8 Å². The summed E-state index contributed by atoms with van der Waals surface area (Å²) in [5, 5.41) is 13.1. The standard InChI is InChI=1S/C23H24ClFN4O3/c1-14(11-30)29-8-4-5-15(29)12-32-21-9-16-19(10-20(21)31-2)26-13-27-23(16)28-18-7-3-6-17(24)22(18)25/h3,6-7,9-10,13,15,30H,1,4-5,8,11-12H2,2H3,(H,26,27,28)/t15-/m0/s1. The lowest BCUT2D eigenvalue weighted by atomic mass is 10.2. The van der Waals surface area contributed by atoms with Gasteiger partial charge in [0.2, 0.25) is 0 Å². The van der Waals surface area contributed by atoms with Crippen molar-refractivity contribution in [2.45, 2.75) is 18.9 Å². The summed E-state index contributed by atoms with van der Waals surface area (Å²) in [6.45, 7) is 5.10. The normalized spacial score (nSPS) is 15.8. The lowest BCUT2D eigenvalue weighted by molar-refractivity contribution is 0.178. The molecule has 0 unspecified atom stereocenters. The molecule has 2 aromatic carbocycles. The fourth-order valence-electron chi connectivity index (χ4n) is 3.87.